The van der Waals surface area contributed by atoms with Crippen LogP contribution in [-0.2, 0) is 4.74 Å². The van der Waals surface area contributed by atoms with Crippen molar-refractivity contribution < 1.29 is 14.6 Å². The molecule has 1 aliphatic heterocycles. The fraction of sp³-hybridized carbons (Fsp3) is 0.417. The van der Waals surface area contributed by atoms with Crippen LogP contribution in [0, 0.1) is 0 Å². The number of carbonyl (C=O) groups excluding carboxylic acids is 1. The molecule has 0 aromatic heterocycles. The van der Waals surface area contributed by atoms with E-state index in [-0.39, 0.29) is 11.3 Å². The fourth-order valence-corrected chi connectivity index (χ4v) is 2.63. The Bertz CT molecular complexity index is 442. The molecule has 0 radical (unpaired) electrons. The normalized spacial score (nSPS) is 15.1. The molecule has 1 aromatic rings. The van der Waals surface area contributed by atoms with E-state index in [0.717, 1.165) is 31.6 Å². The summed E-state index contributed by atoms with van der Waals surface area (Å²) in [4.78, 5) is 13.6. The van der Waals surface area contributed by atoms with Crippen molar-refractivity contribution in [3.8, 4) is 5.75 Å². The van der Waals surface area contributed by atoms with Gasteiger partial charge in [-0.3, -0.25) is 0 Å². The first kappa shape index (κ1) is 12.2. The van der Waals surface area contributed by atoms with Gasteiger partial charge in [-0.25, -0.2) is 4.79 Å². The number of carbonyl (C=O) groups is 1. The van der Waals surface area contributed by atoms with Crippen LogP contribution in [0.15, 0.2) is 16.6 Å². The van der Waals surface area contributed by atoms with Crippen LogP contribution in [0.5, 0.6) is 5.75 Å². The maximum Gasteiger partial charge on any atom is 0.341 e. The number of rotatable bonds is 2. The molecule has 1 aliphatic rings. The van der Waals surface area contributed by atoms with E-state index in [9.17, 15) is 9.90 Å². The standard InChI is InChI=1S/C12H14BrNO3/c1-17-12(16)8-4-5-9(10(13)11(8)15)14-6-2-3-7-14/h4-5,15H,2-3,6-7H2,1H3. The molecule has 1 aromatic carbocycles. The molecule has 0 saturated carbocycles. The largest absolute Gasteiger partial charge is 0.506 e. The summed E-state index contributed by atoms with van der Waals surface area (Å²) < 4.78 is 5.16. The highest BCUT2D eigenvalue weighted by molar-refractivity contribution is 9.10. The molecular formula is C12H14BrNO3. The molecule has 1 heterocycles. The Morgan fingerprint density at radius 2 is 2.06 bits per heavy atom. The first-order chi connectivity index (χ1) is 8.15. The van der Waals surface area contributed by atoms with E-state index in [4.69, 9.17) is 0 Å². The minimum absolute atomic E-state index is 0.0544. The van der Waals surface area contributed by atoms with E-state index in [1.54, 1.807) is 6.07 Å². The van der Waals surface area contributed by atoms with Gasteiger partial charge in [0.25, 0.3) is 0 Å². The number of nitrogens with zero attached hydrogens (tertiary/aromatic N) is 1. The second-order valence-corrected chi connectivity index (χ2v) is 4.77. The fourth-order valence-electron chi connectivity index (χ4n) is 2.03. The zero-order chi connectivity index (χ0) is 12.4. The second kappa shape index (κ2) is 4.96. The van der Waals surface area contributed by atoms with E-state index >= 15 is 0 Å². The van der Waals surface area contributed by atoms with Crippen molar-refractivity contribution in [1.82, 2.24) is 0 Å². The average molecular weight is 300 g/mol. The summed E-state index contributed by atoms with van der Waals surface area (Å²) in [6.07, 6.45) is 2.32. The van der Waals surface area contributed by atoms with Gasteiger partial charge in [-0.15, -0.1) is 0 Å². The van der Waals surface area contributed by atoms with Crippen LogP contribution in [0.2, 0.25) is 0 Å². The minimum Gasteiger partial charge on any atom is -0.506 e. The molecule has 1 N–H and O–H groups in total. The van der Waals surface area contributed by atoms with Crippen LogP contribution >= 0.6 is 15.9 Å². The van der Waals surface area contributed by atoms with E-state index < -0.39 is 5.97 Å². The lowest BCUT2D eigenvalue weighted by atomic mass is 10.1. The highest BCUT2D eigenvalue weighted by Crippen LogP contribution is 2.38. The molecule has 17 heavy (non-hydrogen) atoms. The van der Waals surface area contributed by atoms with E-state index in [1.807, 2.05) is 6.07 Å². The van der Waals surface area contributed by atoms with Crippen LogP contribution < -0.4 is 4.90 Å². The van der Waals surface area contributed by atoms with Gasteiger partial charge in [-0.1, -0.05) is 0 Å². The predicted octanol–water partition coefficient (Wildman–Crippen LogP) is 2.54. The topological polar surface area (TPSA) is 49.8 Å². The third kappa shape index (κ3) is 2.24. The average Bonchev–Trinajstić information content (AvgIpc) is 2.85. The van der Waals surface area contributed by atoms with Gasteiger partial charge < -0.3 is 14.7 Å². The van der Waals surface area contributed by atoms with Gasteiger partial charge in [0.15, 0.2) is 0 Å². The van der Waals surface area contributed by atoms with Crippen LogP contribution in [-0.4, -0.2) is 31.3 Å². The van der Waals surface area contributed by atoms with Gasteiger partial charge in [0.05, 0.1) is 17.3 Å². The summed E-state index contributed by atoms with van der Waals surface area (Å²) in [7, 11) is 1.30. The van der Waals surface area contributed by atoms with Crippen molar-refractivity contribution in [1.29, 1.82) is 0 Å². The third-order valence-corrected chi connectivity index (χ3v) is 3.73. The van der Waals surface area contributed by atoms with Crippen molar-refractivity contribution in [2.75, 3.05) is 25.1 Å². The Kier molecular flexibility index (Phi) is 3.57. The molecule has 92 valence electrons. The van der Waals surface area contributed by atoms with Crippen LogP contribution in [0.4, 0.5) is 5.69 Å². The third-order valence-electron chi connectivity index (χ3n) is 2.95. The van der Waals surface area contributed by atoms with Crippen molar-refractivity contribution in [2.24, 2.45) is 0 Å². The number of phenolic OH excluding ortho intramolecular Hbond substituents is 1. The number of halogens is 1. The molecule has 5 heteroatoms. The Hall–Kier alpha value is -1.23. The predicted molar refractivity (Wildman–Crippen MR) is 68.6 cm³/mol. The molecule has 1 saturated heterocycles. The first-order valence-corrected chi connectivity index (χ1v) is 6.29. The van der Waals surface area contributed by atoms with Gasteiger partial charge in [0.1, 0.15) is 11.3 Å². The van der Waals surface area contributed by atoms with Crippen LogP contribution in [0.25, 0.3) is 0 Å². The lowest BCUT2D eigenvalue weighted by molar-refractivity contribution is 0.0597. The Morgan fingerprint density at radius 3 is 2.65 bits per heavy atom. The van der Waals surface area contributed by atoms with E-state index in [1.165, 1.54) is 7.11 Å². The summed E-state index contributed by atoms with van der Waals surface area (Å²) in [5, 5.41) is 9.97. The maximum atomic E-state index is 11.4. The van der Waals surface area contributed by atoms with Crippen molar-refractivity contribution in [2.45, 2.75) is 12.8 Å². The lowest BCUT2D eigenvalue weighted by Gasteiger charge is -2.20. The second-order valence-electron chi connectivity index (χ2n) is 3.98. The summed E-state index contributed by atoms with van der Waals surface area (Å²) in [6.45, 7) is 1.96. The molecule has 0 aliphatic carbocycles. The summed E-state index contributed by atoms with van der Waals surface area (Å²) in [6, 6.07) is 3.43. The highest BCUT2D eigenvalue weighted by Gasteiger charge is 2.21. The molecule has 0 amide bonds. The van der Waals surface area contributed by atoms with Crippen LogP contribution in [0.3, 0.4) is 0 Å². The molecule has 0 unspecified atom stereocenters. The van der Waals surface area contributed by atoms with Gasteiger partial charge in [0.2, 0.25) is 0 Å². The number of benzene rings is 1. The summed E-state index contributed by atoms with van der Waals surface area (Å²) in [5.74, 6) is -0.586. The number of hydrogen-bond acceptors (Lipinski definition) is 4. The van der Waals surface area contributed by atoms with E-state index in [2.05, 4.69) is 25.6 Å². The minimum atomic E-state index is -0.531. The monoisotopic (exact) mass is 299 g/mol. The molecule has 4 nitrogen and oxygen atoms in total. The molecule has 1 fully saturated rings. The number of esters is 1. The van der Waals surface area contributed by atoms with Gasteiger partial charge in [0, 0.05) is 13.1 Å². The van der Waals surface area contributed by atoms with Crippen LogP contribution in [0.1, 0.15) is 23.2 Å². The highest BCUT2D eigenvalue weighted by atomic mass is 79.9. The zero-order valence-electron chi connectivity index (χ0n) is 9.57. The van der Waals surface area contributed by atoms with Crippen molar-refractivity contribution >= 4 is 27.6 Å². The molecule has 0 bridgehead atoms. The SMILES string of the molecule is COC(=O)c1ccc(N2CCCC2)c(Br)c1O. The quantitative estimate of drug-likeness (QED) is 0.853. The maximum absolute atomic E-state index is 11.4. The lowest BCUT2D eigenvalue weighted by Crippen LogP contribution is -2.18. The number of phenols is 1. The van der Waals surface area contributed by atoms with E-state index in [0.29, 0.717) is 4.47 Å². The van der Waals surface area contributed by atoms with Crippen molar-refractivity contribution in [3.63, 3.8) is 0 Å². The van der Waals surface area contributed by atoms with Gasteiger partial charge in [-0.05, 0) is 40.9 Å². The molecule has 0 spiro atoms. The van der Waals surface area contributed by atoms with Crippen molar-refractivity contribution in [3.05, 3.63) is 22.2 Å². The molecule has 0 atom stereocenters. The Balaban J connectivity index is 2.38. The Labute approximate surface area is 108 Å². The number of aromatic hydroxyl groups is 1. The van der Waals surface area contributed by atoms with Gasteiger partial charge in [-0.2, -0.15) is 0 Å². The molecular weight excluding hydrogens is 286 g/mol. The first-order valence-electron chi connectivity index (χ1n) is 5.50. The number of ether oxygens (including phenoxy) is 1. The van der Waals surface area contributed by atoms with Gasteiger partial charge >= 0.3 is 5.97 Å². The number of anilines is 1. The Morgan fingerprint density at radius 1 is 1.41 bits per heavy atom. The molecule has 2 rings (SSSR count). The summed E-state index contributed by atoms with van der Waals surface area (Å²) >= 11 is 3.34. The zero-order valence-corrected chi connectivity index (χ0v) is 11.2. The number of hydrogen-bond donors (Lipinski definition) is 1. The number of methoxy groups -OCH3 is 1. The summed E-state index contributed by atoms with van der Waals surface area (Å²) in [5.41, 5.74) is 1.11. The smallest absolute Gasteiger partial charge is 0.341 e.